The second-order valence-corrected chi connectivity index (χ2v) is 18.1. The van der Waals surface area contributed by atoms with E-state index < -0.39 is 277 Å². The molecule has 1 aliphatic carbocycles. The maximum Gasteiger partial charge on any atom is 0.205 e. The summed E-state index contributed by atoms with van der Waals surface area (Å²) in [6.07, 6.45) is 0. The third kappa shape index (κ3) is 5.34. The van der Waals surface area contributed by atoms with Crippen LogP contribution >= 0.6 is 0 Å². The van der Waals surface area contributed by atoms with Crippen molar-refractivity contribution < 1.29 is 147 Å². The normalized spacial score (nSPS) is 12.9. The van der Waals surface area contributed by atoms with E-state index in [4.69, 9.17) is 15.9 Å². The van der Waals surface area contributed by atoms with E-state index in [2.05, 4.69) is 0 Å². The Kier molecular flexibility index (Phi) is 9.42. The molecule has 0 aliphatic heterocycles. The Morgan fingerprint density at radius 1 is 0.175 bits per heavy atom. The lowest BCUT2D eigenvalue weighted by Crippen LogP contribution is -2.45. The SMILES string of the molecule is NC1(N)c2c(O)c(O)c(O)c(O)c2-c2c(O)c(O)c(-c3c(O)c(O)c(O)c(-c4c5c(O)c(O)c(O)c(O)c5c(-c5c(O)c(O)c6oc7c(O)c8c(O)c(O)c(O)c(O)c8c(O)c7c6c5O)c5c(O)c(O)c(O)c(O)c45)c3O)c(O)c21. The van der Waals surface area contributed by atoms with Gasteiger partial charge in [-0.05, 0) is 0 Å². The number of rotatable bonds is 3. The minimum atomic E-state index is -2.98. The van der Waals surface area contributed by atoms with E-state index in [0.29, 0.717) is 0 Å². The van der Waals surface area contributed by atoms with Crippen LogP contribution in [0.15, 0.2) is 4.42 Å². The van der Waals surface area contributed by atoms with Gasteiger partial charge in [0.2, 0.25) is 57.5 Å². The standard InChI is InChI=1S/C49H32N2O29/c50-49(51)17-7(8-18(49)36(69)45(78)42(75)28(8)61)27(60)29(62)13(22(17)55)11-19(52)9(30(63)37(70)31(11)64)1-3-5(25(58)40(73)38(71)23(3)56)2(6-4(1)24(57)39(72)41(74)26(6)59)10-20(53)16-15-21(54)12-14(33(66)44(77)43(76)32(12)65)35(68)47(15)80-48(16)46(79)34(10)67/h52-79H,50-51H2. The number of hydrogen-bond donors (Lipinski definition) is 30. The quantitative estimate of drug-likeness (QED) is 0.0516. The third-order valence-corrected chi connectivity index (χ3v) is 14.2. The highest BCUT2D eigenvalue weighted by atomic mass is 16.4. The zero-order valence-corrected chi connectivity index (χ0v) is 38.6. The van der Waals surface area contributed by atoms with E-state index in [-0.39, 0.29) is 0 Å². The Labute approximate surface area is 434 Å². The summed E-state index contributed by atoms with van der Waals surface area (Å²) in [5.74, 6) is -46.3. The van der Waals surface area contributed by atoms with Gasteiger partial charge in [0, 0.05) is 54.9 Å². The molecule has 10 aromatic rings. The predicted octanol–water partition coefficient (Wildman–Crippen LogP) is 3.90. The van der Waals surface area contributed by atoms with E-state index in [9.17, 15) is 143 Å². The van der Waals surface area contributed by atoms with E-state index >= 15 is 0 Å². The molecule has 11 rings (SSSR count). The molecule has 31 nitrogen and oxygen atoms in total. The molecule has 1 heterocycles. The van der Waals surface area contributed by atoms with Crippen LogP contribution in [-0.4, -0.2) is 143 Å². The van der Waals surface area contributed by atoms with Crippen LogP contribution in [0, 0.1) is 0 Å². The second kappa shape index (κ2) is 15.0. The number of hydrogen-bond acceptors (Lipinski definition) is 31. The molecule has 1 aliphatic rings. The second-order valence-electron chi connectivity index (χ2n) is 18.1. The molecule has 80 heavy (non-hydrogen) atoms. The molecular weight excluding hydrogens is 1080 g/mol. The highest BCUT2D eigenvalue weighted by Gasteiger charge is 2.50. The first kappa shape index (κ1) is 50.1. The first-order chi connectivity index (χ1) is 37.2. The van der Waals surface area contributed by atoms with E-state index in [1.165, 1.54) is 0 Å². The molecule has 0 spiro atoms. The van der Waals surface area contributed by atoms with Gasteiger partial charge < -0.3 is 159 Å². The van der Waals surface area contributed by atoms with Crippen LogP contribution in [0.25, 0.3) is 98.8 Å². The van der Waals surface area contributed by atoms with Gasteiger partial charge in [-0.25, -0.2) is 0 Å². The van der Waals surface area contributed by atoms with Gasteiger partial charge in [0.1, 0.15) is 28.7 Å². The number of furan rings is 1. The van der Waals surface area contributed by atoms with Gasteiger partial charge in [0.15, 0.2) is 91.7 Å². The summed E-state index contributed by atoms with van der Waals surface area (Å²) in [5, 5.41) is 308. The Bertz CT molecular complexity index is 4630. The fourth-order valence-corrected chi connectivity index (χ4v) is 10.7. The van der Waals surface area contributed by atoms with Gasteiger partial charge in [-0.3, -0.25) is 0 Å². The molecule has 0 saturated carbocycles. The lowest BCUT2D eigenvalue weighted by atomic mass is 9.81. The largest absolute Gasteiger partial charge is 0.507 e. The summed E-state index contributed by atoms with van der Waals surface area (Å²) < 4.78 is 5.47. The van der Waals surface area contributed by atoms with Crippen LogP contribution in [-0.2, 0) is 5.66 Å². The molecule has 0 amide bonds. The number of phenolic OH excluding ortho intramolecular Hbond substituents is 28. The van der Waals surface area contributed by atoms with Gasteiger partial charge in [-0.15, -0.1) is 0 Å². The third-order valence-electron chi connectivity index (χ3n) is 14.2. The van der Waals surface area contributed by atoms with Crippen LogP contribution in [0.2, 0.25) is 0 Å². The zero-order valence-electron chi connectivity index (χ0n) is 38.6. The lowest BCUT2D eigenvalue weighted by Gasteiger charge is -2.26. The van der Waals surface area contributed by atoms with Gasteiger partial charge in [0.05, 0.1) is 43.8 Å². The lowest BCUT2D eigenvalue weighted by molar-refractivity contribution is 0.340. The average molecular weight is 1110 g/mol. The number of phenols is 28. The molecule has 412 valence electrons. The van der Waals surface area contributed by atoms with Crippen molar-refractivity contribution in [1.82, 2.24) is 0 Å². The Hall–Kier alpha value is -12.1. The Balaban J connectivity index is 1.35. The number of fused-ring (bicyclic) bond motifs is 9. The zero-order chi connectivity index (χ0) is 58.9. The molecule has 0 radical (unpaired) electrons. The highest BCUT2D eigenvalue weighted by molar-refractivity contribution is 6.33. The first-order valence-electron chi connectivity index (χ1n) is 21.7. The van der Waals surface area contributed by atoms with Crippen LogP contribution in [0.4, 0.5) is 0 Å². The summed E-state index contributed by atoms with van der Waals surface area (Å²) in [6.45, 7) is 0. The van der Waals surface area contributed by atoms with Crippen LogP contribution < -0.4 is 11.5 Å². The maximum atomic E-state index is 12.4. The summed E-state index contributed by atoms with van der Waals surface area (Å²) >= 11 is 0. The summed E-state index contributed by atoms with van der Waals surface area (Å²) in [5.41, 5.74) is -6.00. The first-order valence-corrected chi connectivity index (χ1v) is 21.7. The average Bonchev–Trinajstić information content (AvgIpc) is 4.11. The molecule has 32 N–H and O–H groups in total. The minimum Gasteiger partial charge on any atom is -0.507 e. The molecule has 0 unspecified atom stereocenters. The molecule has 0 saturated heterocycles. The number of nitrogens with two attached hydrogens (primary N) is 2. The van der Waals surface area contributed by atoms with Crippen molar-refractivity contribution in [3.05, 3.63) is 11.1 Å². The van der Waals surface area contributed by atoms with Gasteiger partial charge in [0.25, 0.3) is 0 Å². The maximum absolute atomic E-state index is 12.4. The molecule has 0 fully saturated rings. The molecule has 9 aromatic carbocycles. The summed E-state index contributed by atoms with van der Waals surface area (Å²) in [7, 11) is 0. The summed E-state index contributed by atoms with van der Waals surface area (Å²) in [6, 6.07) is 0. The van der Waals surface area contributed by atoms with Crippen LogP contribution in [0.3, 0.4) is 0 Å². The van der Waals surface area contributed by atoms with Crippen molar-refractivity contribution in [3.63, 3.8) is 0 Å². The van der Waals surface area contributed by atoms with E-state index in [0.717, 1.165) is 0 Å². The van der Waals surface area contributed by atoms with Gasteiger partial charge in [-0.1, -0.05) is 0 Å². The molecule has 0 atom stereocenters. The Morgan fingerprint density at radius 3 is 0.863 bits per heavy atom. The smallest absolute Gasteiger partial charge is 0.205 e. The fraction of sp³-hybridized carbons (Fsp3) is 0.0204. The predicted molar refractivity (Wildman–Crippen MR) is 264 cm³/mol. The molecule has 0 bridgehead atoms. The topological polar surface area (TPSA) is 632 Å². The van der Waals surface area contributed by atoms with Crippen LogP contribution in [0.5, 0.6) is 161 Å². The molecule has 1 aromatic heterocycles. The van der Waals surface area contributed by atoms with E-state index in [1.807, 2.05) is 0 Å². The monoisotopic (exact) mass is 1110 g/mol. The molecule has 31 heteroatoms. The van der Waals surface area contributed by atoms with Gasteiger partial charge >= 0.3 is 0 Å². The number of benzene rings is 9. The highest BCUT2D eigenvalue weighted by Crippen LogP contribution is 2.71. The minimum absolute atomic E-state index is 0.959. The number of aromatic hydroxyl groups is 28. The van der Waals surface area contributed by atoms with Crippen molar-refractivity contribution >= 4 is 54.3 Å². The van der Waals surface area contributed by atoms with Crippen molar-refractivity contribution in [2.75, 3.05) is 0 Å². The summed E-state index contributed by atoms with van der Waals surface area (Å²) in [4.78, 5) is 0. The Morgan fingerprint density at radius 2 is 0.425 bits per heavy atom. The van der Waals surface area contributed by atoms with Crippen molar-refractivity contribution in [2.24, 2.45) is 11.5 Å². The van der Waals surface area contributed by atoms with E-state index in [1.54, 1.807) is 0 Å². The fourth-order valence-electron chi connectivity index (χ4n) is 10.7. The van der Waals surface area contributed by atoms with Crippen molar-refractivity contribution in [3.8, 4) is 205 Å². The molecular formula is C49H32N2O29. The van der Waals surface area contributed by atoms with Gasteiger partial charge in [-0.2, -0.15) is 0 Å². The van der Waals surface area contributed by atoms with Crippen molar-refractivity contribution in [2.45, 2.75) is 5.66 Å². The van der Waals surface area contributed by atoms with Crippen LogP contribution in [0.1, 0.15) is 11.1 Å². The van der Waals surface area contributed by atoms with Crippen molar-refractivity contribution in [1.29, 1.82) is 0 Å².